The van der Waals surface area contributed by atoms with Crippen molar-refractivity contribution in [1.82, 2.24) is 4.90 Å². The van der Waals surface area contributed by atoms with Crippen molar-refractivity contribution in [2.45, 2.75) is 13.5 Å². The highest BCUT2D eigenvalue weighted by Crippen LogP contribution is 2.32. The van der Waals surface area contributed by atoms with Crippen molar-refractivity contribution >= 4 is 17.6 Å². The zero-order valence-corrected chi connectivity index (χ0v) is 15.5. The number of cyclic esters (lactones) is 1. The molecule has 0 radical (unpaired) electrons. The number of aryl methyl sites for hydroxylation is 1. The number of imide groups is 1. The number of rotatable bonds is 4. The third-order valence-corrected chi connectivity index (χ3v) is 4.66. The van der Waals surface area contributed by atoms with Crippen molar-refractivity contribution in [3.63, 3.8) is 0 Å². The van der Waals surface area contributed by atoms with Gasteiger partial charge in [0.25, 0.3) is 5.91 Å². The molecule has 0 atom stereocenters. The third kappa shape index (κ3) is 3.45. The number of benzene rings is 3. The normalized spacial score (nSPS) is 15.5. The Kier molecular flexibility index (Phi) is 4.77. The molecule has 3 aromatic carbocycles. The molecule has 1 aliphatic rings. The third-order valence-electron chi connectivity index (χ3n) is 4.66. The summed E-state index contributed by atoms with van der Waals surface area (Å²) < 4.78 is 5.48. The number of ether oxygens (including phenoxy) is 1. The molecule has 0 unspecified atom stereocenters. The Labute approximate surface area is 163 Å². The summed E-state index contributed by atoms with van der Waals surface area (Å²) in [4.78, 5) is 26.7. The summed E-state index contributed by atoms with van der Waals surface area (Å²) in [7, 11) is 0. The fourth-order valence-electron chi connectivity index (χ4n) is 3.21. The lowest BCUT2D eigenvalue weighted by Gasteiger charge is -2.12. The molecule has 4 nitrogen and oxygen atoms in total. The SMILES string of the molecule is Cc1ccc(/C(=C2\OC(=O)N(Cc3ccccc3)C2=O)c2ccccc2)cc1. The lowest BCUT2D eigenvalue weighted by molar-refractivity contribution is -0.123. The van der Waals surface area contributed by atoms with E-state index in [-0.39, 0.29) is 12.3 Å². The molecule has 0 bridgehead atoms. The molecular formula is C24H19NO3. The van der Waals surface area contributed by atoms with E-state index < -0.39 is 12.0 Å². The number of hydrogen-bond donors (Lipinski definition) is 0. The summed E-state index contributed by atoms with van der Waals surface area (Å²) in [6.07, 6.45) is -0.649. The first-order valence-electron chi connectivity index (χ1n) is 9.08. The lowest BCUT2D eigenvalue weighted by Crippen LogP contribution is -2.28. The van der Waals surface area contributed by atoms with Crippen LogP contribution in [0.4, 0.5) is 4.79 Å². The lowest BCUT2D eigenvalue weighted by atomic mass is 9.95. The summed E-state index contributed by atoms with van der Waals surface area (Å²) in [5, 5.41) is 0. The summed E-state index contributed by atoms with van der Waals surface area (Å²) >= 11 is 0. The van der Waals surface area contributed by atoms with Gasteiger partial charge in [0.1, 0.15) is 0 Å². The molecule has 1 aliphatic heterocycles. The van der Waals surface area contributed by atoms with E-state index in [2.05, 4.69) is 0 Å². The Morgan fingerprint density at radius 1 is 0.786 bits per heavy atom. The van der Waals surface area contributed by atoms with Crippen LogP contribution in [0.15, 0.2) is 90.7 Å². The average molecular weight is 369 g/mol. The first-order valence-corrected chi connectivity index (χ1v) is 9.08. The first-order chi connectivity index (χ1) is 13.6. The molecule has 1 fully saturated rings. The van der Waals surface area contributed by atoms with Gasteiger partial charge in [-0.2, -0.15) is 0 Å². The molecule has 0 aliphatic carbocycles. The van der Waals surface area contributed by atoms with Gasteiger partial charge in [-0.05, 0) is 23.6 Å². The standard InChI is InChI=1S/C24H19NO3/c1-17-12-14-20(15-13-17)21(19-10-6-3-7-11-19)22-23(26)25(24(27)28-22)16-18-8-4-2-5-9-18/h2-15H,16H2,1H3/b22-21-. The van der Waals surface area contributed by atoms with E-state index in [1.54, 1.807) is 0 Å². The van der Waals surface area contributed by atoms with Crippen LogP contribution in [0.25, 0.3) is 5.57 Å². The van der Waals surface area contributed by atoms with Gasteiger partial charge in [0.2, 0.25) is 5.76 Å². The van der Waals surface area contributed by atoms with Gasteiger partial charge in [-0.25, -0.2) is 9.69 Å². The summed E-state index contributed by atoms with van der Waals surface area (Å²) in [5.41, 5.74) is 4.25. The van der Waals surface area contributed by atoms with Crippen LogP contribution in [0.3, 0.4) is 0 Å². The van der Waals surface area contributed by atoms with Crippen LogP contribution in [0.5, 0.6) is 0 Å². The van der Waals surface area contributed by atoms with Crippen LogP contribution in [-0.4, -0.2) is 16.9 Å². The van der Waals surface area contributed by atoms with Gasteiger partial charge in [-0.3, -0.25) is 4.79 Å². The van der Waals surface area contributed by atoms with Gasteiger partial charge in [-0.1, -0.05) is 90.5 Å². The Bertz CT molecular complexity index is 1040. The van der Waals surface area contributed by atoms with Gasteiger partial charge in [-0.15, -0.1) is 0 Å². The average Bonchev–Trinajstić information content (AvgIpc) is 2.99. The summed E-state index contributed by atoms with van der Waals surface area (Å²) in [6.45, 7) is 2.18. The Morgan fingerprint density at radius 2 is 1.36 bits per heavy atom. The number of carbonyl (C=O) groups excluding carboxylic acids is 2. The molecule has 1 saturated heterocycles. The van der Waals surface area contributed by atoms with E-state index >= 15 is 0 Å². The monoisotopic (exact) mass is 369 g/mol. The van der Waals surface area contributed by atoms with Crippen molar-refractivity contribution in [3.05, 3.63) is 113 Å². The van der Waals surface area contributed by atoms with Crippen LogP contribution >= 0.6 is 0 Å². The summed E-state index contributed by atoms with van der Waals surface area (Å²) in [6, 6.07) is 26.7. The van der Waals surface area contributed by atoms with Gasteiger partial charge in [0.05, 0.1) is 6.54 Å². The zero-order chi connectivity index (χ0) is 19.5. The molecule has 1 heterocycles. The zero-order valence-electron chi connectivity index (χ0n) is 15.5. The minimum absolute atomic E-state index is 0.0657. The molecule has 3 aromatic rings. The fourth-order valence-corrected chi connectivity index (χ4v) is 3.21. The molecule has 0 aromatic heterocycles. The van der Waals surface area contributed by atoms with Crippen molar-refractivity contribution < 1.29 is 14.3 Å². The highest BCUT2D eigenvalue weighted by molar-refractivity contribution is 6.13. The maximum atomic E-state index is 13.1. The quantitative estimate of drug-likeness (QED) is 0.613. The Hall–Kier alpha value is -3.66. The molecule has 4 rings (SSSR count). The second kappa shape index (κ2) is 7.53. The number of carbonyl (C=O) groups is 2. The first kappa shape index (κ1) is 17.7. The number of amides is 2. The minimum atomic E-state index is -0.649. The van der Waals surface area contributed by atoms with Crippen molar-refractivity contribution in [2.75, 3.05) is 0 Å². The van der Waals surface area contributed by atoms with E-state index in [0.717, 1.165) is 27.2 Å². The van der Waals surface area contributed by atoms with Crippen LogP contribution < -0.4 is 0 Å². The van der Waals surface area contributed by atoms with Crippen LogP contribution in [0.1, 0.15) is 22.3 Å². The Balaban J connectivity index is 1.79. The molecule has 4 heteroatoms. The summed E-state index contributed by atoms with van der Waals surface area (Å²) in [5.74, 6) is -0.357. The molecular weight excluding hydrogens is 350 g/mol. The molecule has 0 spiro atoms. The largest absolute Gasteiger partial charge is 0.422 e. The molecule has 138 valence electrons. The maximum absolute atomic E-state index is 13.1. The number of hydrogen-bond acceptors (Lipinski definition) is 3. The van der Waals surface area contributed by atoms with Crippen LogP contribution in [0.2, 0.25) is 0 Å². The van der Waals surface area contributed by atoms with Gasteiger partial charge >= 0.3 is 6.09 Å². The predicted molar refractivity (Wildman–Crippen MR) is 107 cm³/mol. The highest BCUT2D eigenvalue weighted by Gasteiger charge is 2.39. The van der Waals surface area contributed by atoms with E-state index in [0.29, 0.717) is 5.57 Å². The minimum Gasteiger partial charge on any atom is -0.403 e. The second-order valence-electron chi connectivity index (χ2n) is 6.68. The molecule has 0 saturated carbocycles. The maximum Gasteiger partial charge on any atom is 0.422 e. The van der Waals surface area contributed by atoms with Crippen molar-refractivity contribution in [2.24, 2.45) is 0 Å². The van der Waals surface area contributed by atoms with E-state index in [4.69, 9.17) is 4.74 Å². The van der Waals surface area contributed by atoms with E-state index in [1.165, 1.54) is 0 Å². The van der Waals surface area contributed by atoms with E-state index in [9.17, 15) is 9.59 Å². The molecule has 2 amide bonds. The van der Waals surface area contributed by atoms with E-state index in [1.807, 2.05) is 91.9 Å². The van der Waals surface area contributed by atoms with Crippen molar-refractivity contribution in [1.29, 1.82) is 0 Å². The van der Waals surface area contributed by atoms with Crippen LogP contribution in [0, 0.1) is 6.92 Å². The van der Waals surface area contributed by atoms with Crippen LogP contribution in [-0.2, 0) is 16.1 Å². The van der Waals surface area contributed by atoms with Gasteiger partial charge < -0.3 is 4.74 Å². The molecule has 0 N–H and O–H groups in total. The fraction of sp³-hybridized carbons (Fsp3) is 0.0833. The number of nitrogens with zero attached hydrogens (tertiary/aromatic N) is 1. The topological polar surface area (TPSA) is 46.6 Å². The van der Waals surface area contributed by atoms with Gasteiger partial charge in [0.15, 0.2) is 0 Å². The Morgan fingerprint density at radius 3 is 2.00 bits per heavy atom. The molecule has 28 heavy (non-hydrogen) atoms. The smallest absolute Gasteiger partial charge is 0.403 e. The second-order valence-corrected chi connectivity index (χ2v) is 6.68. The predicted octanol–water partition coefficient (Wildman–Crippen LogP) is 4.93. The van der Waals surface area contributed by atoms with Crippen molar-refractivity contribution in [3.8, 4) is 0 Å². The van der Waals surface area contributed by atoms with Gasteiger partial charge in [0, 0.05) is 5.57 Å². The highest BCUT2D eigenvalue weighted by atomic mass is 16.6.